The quantitative estimate of drug-likeness (QED) is 0.154. The number of methoxy groups -OCH3 is 2. The fraction of sp³-hybridized carbons (Fsp3) is 0.306. The van der Waals surface area contributed by atoms with Gasteiger partial charge < -0.3 is 14.6 Å². The number of hydrogen-bond acceptors (Lipinski definition) is 8. The first-order valence-corrected chi connectivity index (χ1v) is 16.2. The monoisotopic (exact) mass is 706 g/mol. The van der Waals surface area contributed by atoms with E-state index in [4.69, 9.17) is 32.7 Å². The summed E-state index contributed by atoms with van der Waals surface area (Å²) in [6.45, 7) is 1.41. The number of benzene rings is 3. The molecule has 49 heavy (non-hydrogen) atoms. The van der Waals surface area contributed by atoms with E-state index < -0.39 is 62.9 Å². The van der Waals surface area contributed by atoms with Crippen LogP contribution in [0.1, 0.15) is 41.6 Å². The molecule has 0 bridgehead atoms. The number of hydrogen-bond donors (Lipinski definition) is 1. The van der Waals surface area contributed by atoms with E-state index >= 15 is 0 Å². The molecule has 2 heterocycles. The molecule has 0 radical (unpaired) electrons. The molecule has 13 heteroatoms. The van der Waals surface area contributed by atoms with Crippen molar-refractivity contribution in [3.05, 3.63) is 89.3 Å². The van der Waals surface area contributed by atoms with Crippen LogP contribution in [-0.4, -0.2) is 58.5 Å². The van der Waals surface area contributed by atoms with Gasteiger partial charge in [-0.15, -0.1) is 23.2 Å². The van der Waals surface area contributed by atoms with E-state index in [0.717, 1.165) is 21.9 Å². The Kier molecular flexibility index (Phi) is 7.64. The number of ether oxygens (including phenoxy) is 2. The zero-order valence-corrected chi connectivity index (χ0v) is 27.9. The largest absolute Gasteiger partial charge is 0.508 e. The van der Waals surface area contributed by atoms with Gasteiger partial charge in [0, 0.05) is 29.2 Å². The molecule has 0 aromatic heterocycles. The van der Waals surface area contributed by atoms with Crippen molar-refractivity contribution in [2.75, 3.05) is 24.0 Å². The van der Waals surface area contributed by atoms with Crippen LogP contribution in [0, 0.1) is 23.6 Å². The maximum absolute atomic E-state index is 14.6. The van der Waals surface area contributed by atoms with Gasteiger partial charge in [-0.05, 0) is 74.2 Å². The summed E-state index contributed by atoms with van der Waals surface area (Å²) in [6, 6.07) is 13.4. The number of nitrogens with zero attached hydrogens (tertiary/aromatic N) is 2. The Morgan fingerprint density at radius 1 is 0.857 bits per heavy atom. The van der Waals surface area contributed by atoms with E-state index in [1.807, 2.05) is 0 Å². The molecular weight excluding hydrogens is 678 g/mol. The van der Waals surface area contributed by atoms with Gasteiger partial charge in [-0.1, -0.05) is 11.6 Å². The van der Waals surface area contributed by atoms with Gasteiger partial charge in [0.15, 0.2) is 15.5 Å². The maximum atomic E-state index is 14.6. The molecule has 4 amide bonds. The lowest BCUT2D eigenvalue weighted by atomic mass is 9.56. The highest BCUT2D eigenvalue weighted by molar-refractivity contribution is 6.58. The summed E-state index contributed by atoms with van der Waals surface area (Å²) in [5, 5.41) is 10.5. The highest BCUT2D eigenvalue weighted by Crippen LogP contribution is 2.67. The fourth-order valence-corrected chi connectivity index (χ4v) is 8.94. The van der Waals surface area contributed by atoms with Gasteiger partial charge >= 0.3 is 0 Å². The number of Topliss-reactive ketones (excluding diaryl/α,β-unsaturated/α-hetero) is 1. The lowest BCUT2D eigenvalue weighted by Crippen LogP contribution is -2.60. The average molecular weight is 708 g/mol. The molecule has 2 aliphatic carbocycles. The predicted octanol–water partition coefficient (Wildman–Crippen LogP) is 5.52. The van der Waals surface area contributed by atoms with Crippen molar-refractivity contribution in [1.29, 1.82) is 0 Å². The Morgan fingerprint density at radius 2 is 1.43 bits per heavy atom. The molecule has 0 spiro atoms. The van der Waals surface area contributed by atoms with Crippen LogP contribution in [0.2, 0.25) is 0 Å². The second-order valence-electron chi connectivity index (χ2n) is 12.6. The first kappa shape index (κ1) is 32.8. The van der Waals surface area contributed by atoms with E-state index in [1.165, 1.54) is 69.7 Å². The first-order valence-electron chi connectivity index (χ1n) is 15.4. The minimum absolute atomic E-state index is 0.0383. The van der Waals surface area contributed by atoms with Crippen LogP contribution in [0.5, 0.6) is 17.2 Å². The highest BCUT2D eigenvalue weighted by atomic mass is 35.5. The van der Waals surface area contributed by atoms with Crippen LogP contribution < -0.4 is 19.3 Å². The second kappa shape index (κ2) is 11.4. The van der Waals surface area contributed by atoms with Gasteiger partial charge in [0.1, 0.15) is 23.1 Å². The van der Waals surface area contributed by atoms with Crippen LogP contribution in [0.4, 0.5) is 15.8 Å². The number of phenols is 1. The number of ketones is 1. The second-order valence-corrected chi connectivity index (χ2v) is 13.9. The summed E-state index contributed by atoms with van der Waals surface area (Å²) in [4.78, 5) is 66.7. The van der Waals surface area contributed by atoms with E-state index in [9.17, 15) is 33.5 Å². The molecule has 7 rings (SSSR count). The summed E-state index contributed by atoms with van der Waals surface area (Å²) >= 11 is 14.9. The summed E-state index contributed by atoms with van der Waals surface area (Å²) in [7, 11) is 2.69. The van der Waals surface area contributed by atoms with E-state index in [0.29, 0.717) is 11.1 Å². The third-order valence-corrected chi connectivity index (χ3v) is 11.7. The lowest BCUT2D eigenvalue weighted by Gasteiger charge is -2.51. The van der Waals surface area contributed by atoms with E-state index in [1.54, 1.807) is 6.08 Å². The van der Waals surface area contributed by atoms with Crippen molar-refractivity contribution in [2.24, 2.45) is 17.8 Å². The van der Waals surface area contributed by atoms with Gasteiger partial charge in [0.25, 0.3) is 11.8 Å². The number of imide groups is 2. The number of carbonyl (C=O) groups excluding carboxylic acids is 5. The topological polar surface area (TPSA) is 131 Å². The van der Waals surface area contributed by atoms with Crippen LogP contribution in [0.15, 0.2) is 72.3 Å². The summed E-state index contributed by atoms with van der Waals surface area (Å²) in [5.74, 6) is -7.51. The highest BCUT2D eigenvalue weighted by Gasteiger charge is 2.77. The van der Waals surface area contributed by atoms with E-state index in [2.05, 4.69) is 0 Å². The van der Waals surface area contributed by atoms with Gasteiger partial charge in [-0.25, -0.2) is 9.29 Å². The van der Waals surface area contributed by atoms with Crippen molar-refractivity contribution < 1.29 is 42.9 Å². The van der Waals surface area contributed by atoms with Crippen LogP contribution in [0.25, 0.3) is 0 Å². The summed E-state index contributed by atoms with van der Waals surface area (Å²) < 4.78 is 25.3. The number of halogens is 3. The zero-order chi connectivity index (χ0) is 35.2. The molecule has 4 aliphatic rings. The minimum atomic E-state index is -2.24. The number of fused-ring (bicyclic) bond motifs is 4. The number of aromatic hydroxyl groups is 1. The number of phenolic OH excluding ortho intramolecular Hbond substituents is 1. The van der Waals surface area contributed by atoms with Crippen LogP contribution >= 0.6 is 23.2 Å². The minimum Gasteiger partial charge on any atom is -0.508 e. The Hall–Kier alpha value is -4.74. The number of allylic oxidation sites excluding steroid dienone is 2. The number of anilines is 2. The molecule has 2 aliphatic heterocycles. The molecule has 3 aromatic rings. The Balaban J connectivity index is 1.42. The molecule has 3 fully saturated rings. The zero-order valence-electron chi connectivity index (χ0n) is 26.4. The molecule has 252 valence electrons. The van der Waals surface area contributed by atoms with Crippen molar-refractivity contribution >= 4 is 64.0 Å². The fourth-order valence-electron chi connectivity index (χ4n) is 8.03. The number of alkyl halides is 2. The summed E-state index contributed by atoms with van der Waals surface area (Å²) in [6.07, 6.45) is 1.58. The van der Waals surface area contributed by atoms with Crippen molar-refractivity contribution in [3.8, 4) is 17.2 Å². The predicted molar refractivity (Wildman–Crippen MR) is 177 cm³/mol. The lowest BCUT2D eigenvalue weighted by molar-refractivity contribution is -0.125. The molecule has 1 saturated carbocycles. The number of rotatable bonds is 6. The average Bonchev–Trinajstić information content (AvgIpc) is 3.42. The van der Waals surface area contributed by atoms with Gasteiger partial charge in [-0.2, -0.15) is 0 Å². The Morgan fingerprint density at radius 3 is 2.00 bits per heavy atom. The van der Waals surface area contributed by atoms with Crippen molar-refractivity contribution in [2.45, 2.75) is 35.4 Å². The molecule has 10 nitrogen and oxygen atoms in total. The molecule has 1 N–H and O–H groups in total. The third-order valence-electron chi connectivity index (χ3n) is 10.2. The molecular formula is C36H29Cl2FN2O8. The molecule has 6 unspecified atom stereocenters. The Labute approximate surface area is 290 Å². The smallest absolute Gasteiger partial charge is 0.258 e. The van der Waals surface area contributed by atoms with Crippen molar-refractivity contribution in [1.82, 2.24) is 0 Å². The third kappa shape index (κ3) is 4.48. The normalized spacial score (nSPS) is 29.0. The van der Waals surface area contributed by atoms with E-state index in [-0.39, 0.29) is 52.8 Å². The molecule has 3 aromatic carbocycles. The molecule has 2 saturated heterocycles. The van der Waals surface area contributed by atoms with Crippen LogP contribution in [-0.2, 0) is 19.2 Å². The van der Waals surface area contributed by atoms with Gasteiger partial charge in [-0.3, -0.25) is 28.9 Å². The standard InChI is InChI=1S/C36H29Cl2FN2O8/c1-17(42)18-4-8-20(9-5-18)40-31(44)24-13-12-23-25(28(24)32(40)45)16-35(37)33(46)41(21-10-6-19(39)7-11-21)34(47)36(35,38)30(23)29-26(48-2)14-22(43)15-27(29)49-3/h4-12,14-15,24-25,28,30,43H,13,16H2,1-3H3. The van der Waals surface area contributed by atoms with Crippen LogP contribution in [0.3, 0.4) is 0 Å². The summed E-state index contributed by atoms with van der Waals surface area (Å²) in [5.41, 5.74) is 1.41. The van der Waals surface area contributed by atoms with Gasteiger partial charge in [0.05, 0.1) is 37.4 Å². The maximum Gasteiger partial charge on any atom is 0.258 e. The van der Waals surface area contributed by atoms with Gasteiger partial charge in [0.2, 0.25) is 11.8 Å². The Bertz CT molecular complexity index is 1980. The number of carbonyl (C=O) groups is 5. The first-order chi connectivity index (χ1) is 23.3. The van der Waals surface area contributed by atoms with Crippen molar-refractivity contribution in [3.63, 3.8) is 0 Å². The molecule has 6 atom stereocenters. The SMILES string of the molecule is COc1cc(O)cc(OC)c1C1C2=CCC3C(=O)N(c4ccc(C(C)=O)cc4)C(=O)C3C2CC2(Cl)C(=O)N(c3ccc(F)cc3)C(=O)C12Cl. The number of amides is 4.